The van der Waals surface area contributed by atoms with Crippen LogP contribution in [0.25, 0.3) is 0 Å². The molecule has 0 saturated heterocycles. The number of aryl methyl sites for hydroxylation is 3. The van der Waals surface area contributed by atoms with Crippen molar-refractivity contribution in [3.8, 4) is 5.75 Å². The quantitative estimate of drug-likeness (QED) is 0.485. The molecule has 0 spiro atoms. The molecular formula is C25H28N2O2. The van der Waals surface area contributed by atoms with Gasteiger partial charge in [0.25, 0.3) is 0 Å². The molecule has 0 saturated carbocycles. The monoisotopic (exact) mass is 388 g/mol. The summed E-state index contributed by atoms with van der Waals surface area (Å²) >= 11 is 0. The van der Waals surface area contributed by atoms with E-state index in [1.54, 1.807) is 0 Å². The summed E-state index contributed by atoms with van der Waals surface area (Å²) < 4.78 is 5.84. The Morgan fingerprint density at radius 3 is 2.38 bits per heavy atom. The second-order valence-electron chi connectivity index (χ2n) is 7.13. The van der Waals surface area contributed by atoms with Crippen LogP contribution in [0.5, 0.6) is 5.75 Å². The van der Waals surface area contributed by atoms with E-state index in [9.17, 15) is 4.79 Å². The Morgan fingerprint density at radius 2 is 1.62 bits per heavy atom. The van der Waals surface area contributed by atoms with Crippen LogP contribution in [0.3, 0.4) is 0 Å². The molecular weight excluding hydrogens is 360 g/mol. The van der Waals surface area contributed by atoms with E-state index < -0.39 is 0 Å². The highest BCUT2D eigenvalue weighted by molar-refractivity contribution is 5.94. The highest BCUT2D eigenvalue weighted by Crippen LogP contribution is 2.20. The average Bonchev–Trinajstić information content (AvgIpc) is 2.72. The number of anilines is 2. The average molecular weight is 389 g/mol. The minimum absolute atomic E-state index is 0.0890. The minimum atomic E-state index is -0.0890. The zero-order chi connectivity index (χ0) is 20.5. The first-order valence-electron chi connectivity index (χ1n) is 9.98. The van der Waals surface area contributed by atoms with Gasteiger partial charge in [-0.3, -0.25) is 4.79 Å². The number of para-hydroxylation sites is 1. The van der Waals surface area contributed by atoms with Gasteiger partial charge in [0.1, 0.15) is 5.75 Å². The van der Waals surface area contributed by atoms with Crippen LogP contribution >= 0.6 is 0 Å². The molecule has 29 heavy (non-hydrogen) atoms. The number of carbonyl (C=O) groups excluding carboxylic acids is 1. The number of hydrogen-bond donors (Lipinski definition) is 2. The van der Waals surface area contributed by atoms with Crippen LogP contribution in [0.4, 0.5) is 11.4 Å². The number of carbonyl (C=O) groups is 1. The van der Waals surface area contributed by atoms with E-state index in [0.717, 1.165) is 41.1 Å². The van der Waals surface area contributed by atoms with Crippen molar-refractivity contribution in [1.82, 2.24) is 0 Å². The number of nitrogens with one attached hydrogen (secondary N) is 2. The maximum absolute atomic E-state index is 12.3. The second-order valence-corrected chi connectivity index (χ2v) is 7.13. The third-order valence-corrected chi connectivity index (χ3v) is 4.75. The lowest BCUT2D eigenvalue weighted by Crippen LogP contribution is -2.22. The van der Waals surface area contributed by atoms with Crippen LogP contribution < -0.4 is 15.4 Å². The van der Waals surface area contributed by atoms with Crippen molar-refractivity contribution in [1.29, 1.82) is 0 Å². The van der Waals surface area contributed by atoms with E-state index in [1.165, 1.54) is 5.56 Å². The maximum atomic E-state index is 12.3. The number of amides is 1. The molecule has 3 aromatic rings. The summed E-state index contributed by atoms with van der Waals surface area (Å²) in [6.07, 6.45) is 1.93. The topological polar surface area (TPSA) is 50.4 Å². The summed E-state index contributed by atoms with van der Waals surface area (Å²) in [5.41, 5.74) is 5.32. The first-order chi connectivity index (χ1) is 14.1. The van der Waals surface area contributed by atoms with E-state index >= 15 is 0 Å². The SMILES string of the molecule is Cc1cccc(C)c1NCC(=O)Nc1cccc(OCCCc2ccccc2)c1. The molecule has 0 atom stereocenters. The van der Waals surface area contributed by atoms with Gasteiger partial charge >= 0.3 is 0 Å². The van der Waals surface area contributed by atoms with Gasteiger partial charge in [-0.05, 0) is 55.5 Å². The van der Waals surface area contributed by atoms with E-state index in [-0.39, 0.29) is 12.5 Å². The van der Waals surface area contributed by atoms with Crippen molar-refractivity contribution in [3.05, 3.63) is 89.5 Å². The van der Waals surface area contributed by atoms with E-state index in [1.807, 2.05) is 62.4 Å². The lowest BCUT2D eigenvalue weighted by Gasteiger charge is -2.13. The molecule has 0 aromatic heterocycles. The maximum Gasteiger partial charge on any atom is 0.243 e. The predicted octanol–water partition coefficient (Wildman–Crippen LogP) is 5.37. The number of ether oxygens (including phenoxy) is 1. The summed E-state index contributed by atoms with van der Waals surface area (Å²) in [4.78, 5) is 12.3. The van der Waals surface area contributed by atoms with Gasteiger partial charge < -0.3 is 15.4 Å². The highest BCUT2D eigenvalue weighted by Gasteiger charge is 2.06. The van der Waals surface area contributed by atoms with Gasteiger partial charge in [-0.25, -0.2) is 0 Å². The Morgan fingerprint density at radius 1 is 0.897 bits per heavy atom. The molecule has 0 radical (unpaired) electrons. The largest absolute Gasteiger partial charge is 0.494 e. The van der Waals surface area contributed by atoms with Crippen molar-refractivity contribution in [2.45, 2.75) is 26.7 Å². The molecule has 0 aliphatic carbocycles. The first kappa shape index (κ1) is 20.5. The number of benzene rings is 3. The van der Waals surface area contributed by atoms with Gasteiger partial charge in [0, 0.05) is 17.4 Å². The van der Waals surface area contributed by atoms with Crippen LogP contribution in [-0.4, -0.2) is 19.1 Å². The van der Waals surface area contributed by atoms with E-state index in [4.69, 9.17) is 4.74 Å². The molecule has 3 rings (SSSR count). The smallest absolute Gasteiger partial charge is 0.243 e. The fourth-order valence-electron chi connectivity index (χ4n) is 3.24. The fourth-order valence-corrected chi connectivity index (χ4v) is 3.24. The van der Waals surface area contributed by atoms with Crippen molar-refractivity contribution < 1.29 is 9.53 Å². The van der Waals surface area contributed by atoms with Crippen LogP contribution in [0.1, 0.15) is 23.1 Å². The van der Waals surface area contributed by atoms with Gasteiger partial charge in [-0.2, -0.15) is 0 Å². The predicted molar refractivity (Wildman–Crippen MR) is 120 cm³/mol. The third kappa shape index (κ3) is 6.39. The molecule has 0 aliphatic heterocycles. The van der Waals surface area contributed by atoms with Crippen molar-refractivity contribution >= 4 is 17.3 Å². The first-order valence-corrected chi connectivity index (χ1v) is 9.98. The summed E-state index contributed by atoms with van der Waals surface area (Å²) in [5.74, 6) is 0.674. The second kappa shape index (κ2) is 10.3. The van der Waals surface area contributed by atoms with Crippen molar-refractivity contribution in [2.75, 3.05) is 23.8 Å². The van der Waals surface area contributed by atoms with Crippen LogP contribution in [0, 0.1) is 13.8 Å². The Hall–Kier alpha value is -3.27. The lowest BCUT2D eigenvalue weighted by molar-refractivity contribution is -0.114. The normalized spacial score (nSPS) is 10.4. The van der Waals surface area contributed by atoms with Gasteiger partial charge in [-0.15, -0.1) is 0 Å². The summed E-state index contributed by atoms with van der Waals surface area (Å²) in [6, 6.07) is 24.0. The molecule has 2 N–H and O–H groups in total. The van der Waals surface area contributed by atoms with E-state index in [2.05, 4.69) is 34.9 Å². The summed E-state index contributed by atoms with van der Waals surface area (Å²) in [5, 5.41) is 6.16. The van der Waals surface area contributed by atoms with Crippen LogP contribution in [-0.2, 0) is 11.2 Å². The zero-order valence-corrected chi connectivity index (χ0v) is 17.1. The highest BCUT2D eigenvalue weighted by atomic mass is 16.5. The fraction of sp³-hybridized carbons (Fsp3) is 0.240. The Kier molecular flexibility index (Phi) is 7.28. The Labute approximate surface area is 172 Å². The standard InChI is InChI=1S/C25H28N2O2/c1-19-9-6-10-20(2)25(19)26-18-24(28)27-22-14-7-15-23(17-22)29-16-8-13-21-11-4-3-5-12-21/h3-7,9-12,14-15,17,26H,8,13,16,18H2,1-2H3,(H,27,28). The van der Waals surface area contributed by atoms with Gasteiger partial charge in [0.2, 0.25) is 5.91 Å². The number of hydrogen-bond acceptors (Lipinski definition) is 3. The third-order valence-electron chi connectivity index (χ3n) is 4.75. The zero-order valence-electron chi connectivity index (χ0n) is 17.1. The van der Waals surface area contributed by atoms with Gasteiger partial charge in [0.15, 0.2) is 0 Å². The van der Waals surface area contributed by atoms with Crippen molar-refractivity contribution in [2.24, 2.45) is 0 Å². The molecule has 150 valence electrons. The molecule has 0 unspecified atom stereocenters. The Balaban J connectivity index is 1.45. The molecule has 0 heterocycles. The summed E-state index contributed by atoms with van der Waals surface area (Å²) in [7, 11) is 0. The van der Waals surface area contributed by atoms with Crippen LogP contribution in [0.2, 0.25) is 0 Å². The lowest BCUT2D eigenvalue weighted by atomic mass is 10.1. The molecule has 4 nitrogen and oxygen atoms in total. The molecule has 4 heteroatoms. The van der Waals surface area contributed by atoms with Gasteiger partial charge in [0.05, 0.1) is 13.2 Å². The molecule has 1 amide bonds. The number of rotatable bonds is 9. The molecule has 0 fully saturated rings. The molecule has 3 aromatic carbocycles. The Bertz CT molecular complexity index is 918. The minimum Gasteiger partial charge on any atom is -0.494 e. The van der Waals surface area contributed by atoms with Crippen LogP contribution in [0.15, 0.2) is 72.8 Å². The van der Waals surface area contributed by atoms with Gasteiger partial charge in [-0.1, -0.05) is 54.6 Å². The van der Waals surface area contributed by atoms with E-state index in [0.29, 0.717) is 6.61 Å². The molecule has 0 aliphatic rings. The molecule has 0 bridgehead atoms. The van der Waals surface area contributed by atoms with Crippen molar-refractivity contribution in [3.63, 3.8) is 0 Å². The summed E-state index contributed by atoms with van der Waals surface area (Å²) in [6.45, 7) is 4.92.